The molecule has 8 nitrogen and oxygen atoms in total. The third-order valence-electron chi connectivity index (χ3n) is 5.43. The summed E-state index contributed by atoms with van der Waals surface area (Å²) in [4.78, 5) is 23.0. The Morgan fingerprint density at radius 3 is 3.00 bits per heavy atom. The summed E-state index contributed by atoms with van der Waals surface area (Å²) in [6.45, 7) is 3.29. The summed E-state index contributed by atoms with van der Waals surface area (Å²) in [7, 11) is 1.78. The van der Waals surface area contributed by atoms with Crippen molar-refractivity contribution in [2.24, 2.45) is 5.41 Å². The van der Waals surface area contributed by atoms with Crippen molar-refractivity contribution in [1.29, 1.82) is 0 Å². The second kappa shape index (κ2) is 7.13. The van der Waals surface area contributed by atoms with Gasteiger partial charge in [0.1, 0.15) is 5.69 Å². The lowest BCUT2D eigenvalue weighted by Crippen LogP contribution is -2.41. The van der Waals surface area contributed by atoms with Gasteiger partial charge in [-0.25, -0.2) is 0 Å². The summed E-state index contributed by atoms with van der Waals surface area (Å²) in [6, 6.07) is 5.40. The summed E-state index contributed by atoms with van der Waals surface area (Å²) in [5.41, 5.74) is 0.921. The molecule has 0 radical (unpaired) electrons. The van der Waals surface area contributed by atoms with Crippen molar-refractivity contribution < 1.29 is 9.32 Å². The summed E-state index contributed by atoms with van der Waals surface area (Å²) in [5.74, 6) is 0.933. The summed E-state index contributed by atoms with van der Waals surface area (Å²) in [6.07, 6.45) is 4.85. The third-order valence-corrected chi connectivity index (χ3v) is 5.43. The minimum absolute atomic E-state index is 0.0815. The van der Waals surface area contributed by atoms with Crippen molar-refractivity contribution in [3.8, 4) is 11.5 Å². The lowest BCUT2D eigenvalue weighted by atomic mass is 9.77. The zero-order chi connectivity index (χ0) is 18.0. The molecule has 4 heterocycles. The van der Waals surface area contributed by atoms with Crippen LogP contribution in [-0.2, 0) is 11.3 Å². The molecule has 138 valence electrons. The number of nitrogens with zero attached hydrogens (tertiary/aromatic N) is 4. The van der Waals surface area contributed by atoms with Crippen molar-refractivity contribution >= 4 is 5.91 Å². The molecule has 2 saturated heterocycles. The first-order chi connectivity index (χ1) is 12.7. The number of nitrogens with one attached hydrogen (secondary N) is 2. The molecule has 2 aliphatic rings. The third kappa shape index (κ3) is 3.47. The Kier molecular flexibility index (Phi) is 4.69. The van der Waals surface area contributed by atoms with Gasteiger partial charge in [-0.3, -0.25) is 9.78 Å². The average Bonchev–Trinajstić information content (AvgIpc) is 3.30. The van der Waals surface area contributed by atoms with Crippen molar-refractivity contribution in [1.82, 2.24) is 30.7 Å². The van der Waals surface area contributed by atoms with E-state index < -0.39 is 0 Å². The van der Waals surface area contributed by atoms with Gasteiger partial charge >= 0.3 is 0 Å². The van der Waals surface area contributed by atoms with Gasteiger partial charge in [0.05, 0.1) is 12.6 Å². The topological polar surface area (TPSA) is 96.2 Å². The van der Waals surface area contributed by atoms with Crippen LogP contribution in [0.4, 0.5) is 0 Å². The number of hydrogen-bond acceptors (Lipinski definition) is 7. The van der Waals surface area contributed by atoms with Gasteiger partial charge in [-0.05, 0) is 49.9 Å². The number of likely N-dealkylation sites (N-methyl/N-ethyl adjacent to an activating group) is 1. The highest BCUT2D eigenvalue weighted by atomic mass is 16.5. The molecule has 2 N–H and O–H groups in total. The molecule has 1 amide bonds. The van der Waals surface area contributed by atoms with Crippen LogP contribution in [0.5, 0.6) is 0 Å². The van der Waals surface area contributed by atoms with E-state index in [-0.39, 0.29) is 17.4 Å². The summed E-state index contributed by atoms with van der Waals surface area (Å²) >= 11 is 0. The quantitative estimate of drug-likeness (QED) is 0.837. The molecule has 4 rings (SSSR count). The van der Waals surface area contributed by atoms with Crippen LogP contribution in [0.1, 0.15) is 25.2 Å². The molecule has 8 heteroatoms. The first-order valence-corrected chi connectivity index (χ1v) is 9.08. The molecule has 0 bridgehead atoms. The van der Waals surface area contributed by atoms with E-state index in [1.165, 1.54) is 0 Å². The molecule has 2 fully saturated rings. The zero-order valence-corrected chi connectivity index (χ0v) is 14.9. The minimum Gasteiger partial charge on any atom is -0.337 e. The molecule has 26 heavy (non-hydrogen) atoms. The van der Waals surface area contributed by atoms with E-state index in [2.05, 4.69) is 25.8 Å². The Balaban J connectivity index is 1.37. The van der Waals surface area contributed by atoms with Crippen molar-refractivity contribution in [3.63, 3.8) is 0 Å². The summed E-state index contributed by atoms with van der Waals surface area (Å²) < 4.78 is 5.29. The molecular weight excluding hydrogens is 332 g/mol. The Hall–Kier alpha value is -2.32. The zero-order valence-electron chi connectivity index (χ0n) is 14.9. The number of pyridine rings is 1. The Morgan fingerprint density at radius 2 is 2.23 bits per heavy atom. The number of carbonyl (C=O) groups excluding carboxylic acids is 1. The highest BCUT2D eigenvalue weighted by Crippen LogP contribution is 2.37. The molecule has 1 spiro atoms. The molecular formula is C18H24N6O2. The van der Waals surface area contributed by atoms with Gasteiger partial charge in [0, 0.05) is 19.8 Å². The minimum atomic E-state index is -0.128. The van der Waals surface area contributed by atoms with Crippen LogP contribution in [0.3, 0.4) is 0 Å². The van der Waals surface area contributed by atoms with E-state index in [0.717, 1.165) is 38.9 Å². The number of amides is 1. The van der Waals surface area contributed by atoms with Crippen LogP contribution in [0.15, 0.2) is 28.9 Å². The monoisotopic (exact) mass is 356 g/mol. The molecule has 0 saturated carbocycles. The normalized spacial score (nSPS) is 21.8. The number of rotatable bonds is 4. The predicted octanol–water partition coefficient (Wildman–Crippen LogP) is 0.822. The van der Waals surface area contributed by atoms with Gasteiger partial charge in [-0.15, -0.1) is 0 Å². The highest BCUT2D eigenvalue weighted by molar-refractivity contribution is 5.82. The van der Waals surface area contributed by atoms with E-state index in [4.69, 9.17) is 4.52 Å². The fourth-order valence-electron chi connectivity index (χ4n) is 3.89. The maximum absolute atomic E-state index is 12.8. The van der Waals surface area contributed by atoms with Gasteiger partial charge in [0.2, 0.25) is 17.6 Å². The first kappa shape index (κ1) is 17.1. The molecule has 0 unspecified atom stereocenters. The molecule has 0 aliphatic carbocycles. The number of aromatic nitrogens is 3. The second-order valence-corrected chi connectivity index (χ2v) is 7.31. The molecule has 2 aromatic rings. The van der Waals surface area contributed by atoms with Crippen LogP contribution >= 0.6 is 0 Å². The van der Waals surface area contributed by atoms with Gasteiger partial charge in [0.15, 0.2) is 0 Å². The maximum atomic E-state index is 12.8. The second-order valence-electron chi connectivity index (χ2n) is 7.31. The smallest absolute Gasteiger partial charge is 0.246 e. The van der Waals surface area contributed by atoms with Crippen LogP contribution in [0.25, 0.3) is 11.5 Å². The molecule has 2 aromatic heterocycles. The van der Waals surface area contributed by atoms with E-state index in [9.17, 15) is 4.79 Å². The fraction of sp³-hybridized carbons (Fsp3) is 0.556. The number of carbonyl (C=O) groups is 1. The summed E-state index contributed by atoms with van der Waals surface area (Å²) in [5, 5.41) is 10.8. The number of piperidine rings is 1. The van der Waals surface area contributed by atoms with Gasteiger partial charge in [-0.2, -0.15) is 4.98 Å². The van der Waals surface area contributed by atoms with Gasteiger partial charge < -0.3 is 20.1 Å². The Bertz CT molecular complexity index is 756. The maximum Gasteiger partial charge on any atom is 0.246 e. The lowest BCUT2D eigenvalue weighted by molar-refractivity contribution is -0.132. The predicted molar refractivity (Wildman–Crippen MR) is 94.9 cm³/mol. The van der Waals surface area contributed by atoms with Crippen molar-refractivity contribution in [2.45, 2.75) is 31.8 Å². The van der Waals surface area contributed by atoms with Crippen LogP contribution < -0.4 is 10.6 Å². The van der Waals surface area contributed by atoms with E-state index in [1.54, 1.807) is 18.1 Å². The lowest BCUT2D eigenvalue weighted by Gasteiger charge is -2.33. The van der Waals surface area contributed by atoms with Gasteiger partial charge in [-0.1, -0.05) is 11.2 Å². The Labute approximate surface area is 152 Å². The first-order valence-electron chi connectivity index (χ1n) is 9.08. The highest BCUT2D eigenvalue weighted by Gasteiger charge is 2.42. The Morgan fingerprint density at radius 1 is 1.38 bits per heavy atom. The largest absolute Gasteiger partial charge is 0.337 e. The van der Waals surface area contributed by atoms with Crippen LogP contribution in [0, 0.1) is 5.41 Å². The van der Waals surface area contributed by atoms with E-state index in [0.29, 0.717) is 24.0 Å². The van der Waals surface area contributed by atoms with Crippen molar-refractivity contribution in [3.05, 3.63) is 30.3 Å². The van der Waals surface area contributed by atoms with Crippen LogP contribution in [-0.4, -0.2) is 58.7 Å². The SMILES string of the molecule is CN(Cc1nc(-c2ccccn2)no1)C(=O)[C@H]1CC2(CCNCC2)CN1. The van der Waals surface area contributed by atoms with Crippen molar-refractivity contribution in [2.75, 3.05) is 26.7 Å². The number of hydrogen-bond donors (Lipinski definition) is 2. The fourth-order valence-corrected chi connectivity index (χ4v) is 3.89. The standard InChI is InChI=1S/C18H24N6O2/c1-24(11-15-22-16(23-26-15)13-4-2-3-7-20-13)17(25)14-10-18(12-21-14)5-8-19-9-6-18/h2-4,7,14,19,21H,5-6,8-12H2,1H3/t14-/m1/s1. The van der Waals surface area contributed by atoms with E-state index >= 15 is 0 Å². The van der Waals surface area contributed by atoms with E-state index in [1.807, 2.05) is 18.2 Å². The average molecular weight is 356 g/mol. The molecule has 0 aromatic carbocycles. The molecule has 2 aliphatic heterocycles. The molecule has 1 atom stereocenters. The van der Waals surface area contributed by atoms with Gasteiger partial charge in [0.25, 0.3) is 0 Å². The van der Waals surface area contributed by atoms with Crippen LogP contribution in [0.2, 0.25) is 0 Å².